The van der Waals surface area contributed by atoms with Crippen molar-refractivity contribution in [3.8, 4) is 22.8 Å². The zero-order chi connectivity index (χ0) is 25.1. The van der Waals surface area contributed by atoms with Crippen LogP contribution >= 0.6 is 23.2 Å². The molecule has 0 aliphatic rings. The summed E-state index contributed by atoms with van der Waals surface area (Å²) in [7, 11) is 0. The molecule has 0 unspecified atom stereocenters. The monoisotopic (exact) mass is 507 g/mol. The number of rotatable bonds is 6. The first kappa shape index (κ1) is 24.5. The van der Waals surface area contributed by atoms with Gasteiger partial charge in [-0.1, -0.05) is 53.5 Å². The molecule has 1 aromatic heterocycles. The molecule has 0 bridgehead atoms. The maximum absolute atomic E-state index is 13.2. The first-order valence-electron chi connectivity index (χ1n) is 10.9. The molecule has 1 heterocycles. The standard InChI is InChI=1S/C27H23Cl2N3O3/c1-15(2)35-19-8-6-7-17(11-19)25-14-22(20-9-4-5-10-24(20)30-25)27(34)32-31-16(3)21-12-18(28)13-23(29)26(21)33/h4-15,33H,1-3H3,(H,32,34)/b31-16-. The number of benzene rings is 3. The number of carbonyl (C=O) groups is 1. The fraction of sp³-hybridized carbons (Fsp3) is 0.148. The molecule has 0 aliphatic carbocycles. The third kappa shape index (κ3) is 5.56. The van der Waals surface area contributed by atoms with Gasteiger partial charge in [-0.05, 0) is 57.2 Å². The molecule has 0 fully saturated rings. The van der Waals surface area contributed by atoms with E-state index in [4.69, 9.17) is 32.9 Å². The minimum absolute atomic E-state index is 0.0334. The van der Waals surface area contributed by atoms with Crippen LogP contribution in [-0.4, -0.2) is 27.8 Å². The molecule has 0 radical (unpaired) electrons. The molecule has 3 aromatic carbocycles. The highest BCUT2D eigenvalue weighted by Gasteiger charge is 2.16. The van der Waals surface area contributed by atoms with Gasteiger partial charge in [-0.2, -0.15) is 5.10 Å². The Balaban J connectivity index is 1.71. The van der Waals surface area contributed by atoms with Crippen molar-refractivity contribution < 1.29 is 14.6 Å². The minimum Gasteiger partial charge on any atom is -0.506 e. The Morgan fingerprint density at radius 3 is 2.57 bits per heavy atom. The van der Waals surface area contributed by atoms with Crippen LogP contribution in [0, 0.1) is 0 Å². The molecule has 35 heavy (non-hydrogen) atoms. The van der Waals surface area contributed by atoms with Crippen LogP contribution in [0.3, 0.4) is 0 Å². The smallest absolute Gasteiger partial charge is 0.272 e. The number of nitrogens with zero attached hydrogens (tertiary/aromatic N) is 2. The molecule has 6 nitrogen and oxygen atoms in total. The normalized spacial score (nSPS) is 11.7. The van der Waals surface area contributed by atoms with E-state index in [1.807, 2.05) is 62.4 Å². The van der Waals surface area contributed by atoms with Crippen molar-refractivity contribution in [2.75, 3.05) is 0 Å². The number of hydrogen-bond acceptors (Lipinski definition) is 5. The number of nitrogens with one attached hydrogen (secondary N) is 1. The van der Waals surface area contributed by atoms with Gasteiger partial charge in [-0.15, -0.1) is 0 Å². The zero-order valence-corrected chi connectivity index (χ0v) is 20.9. The summed E-state index contributed by atoms with van der Waals surface area (Å²) >= 11 is 12.1. The van der Waals surface area contributed by atoms with Crippen molar-refractivity contribution in [3.05, 3.63) is 87.9 Å². The highest BCUT2D eigenvalue weighted by atomic mass is 35.5. The summed E-state index contributed by atoms with van der Waals surface area (Å²) in [4.78, 5) is 18.0. The van der Waals surface area contributed by atoms with Gasteiger partial charge in [-0.25, -0.2) is 10.4 Å². The van der Waals surface area contributed by atoms with Gasteiger partial charge in [0.05, 0.1) is 33.6 Å². The van der Waals surface area contributed by atoms with Gasteiger partial charge >= 0.3 is 0 Å². The predicted molar refractivity (Wildman–Crippen MR) is 141 cm³/mol. The molecule has 0 saturated heterocycles. The fourth-order valence-corrected chi connectivity index (χ4v) is 4.10. The third-order valence-electron chi connectivity index (χ3n) is 5.21. The number of phenolic OH excluding ortho intramolecular Hbond substituents is 1. The van der Waals surface area contributed by atoms with Gasteiger partial charge in [0.25, 0.3) is 5.91 Å². The number of phenols is 1. The van der Waals surface area contributed by atoms with E-state index in [2.05, 4.69) is 10.5 Å². The van der Waals surface area contributed by atoms with Crippen molar-refractivity contribution in [3.63, 3.8) is 0 Å². The number of pyridine rings is 1. The van der Waals surface area contributed by atoms with E-state index in [0.717, 1.165) is 11.3 Å². The first-order chi connectivity index (χ1) is 16.7. The Morgan fingerprint density at radius 1 is 1.03 bits per heavy atom. The molecule has 4 aromatic rings. The average Bonchev–Trinajstić information content (AvgIpc) is 2.83. The summed E-state index contributed by atoms with van der Waals surface area (Å²) in [5, 5.41) is 15.6. The summed E-state index contributed by atoms with van der Waals surface area (Å²) in [6.45, 7) is 5.56. The number of ether oxygens (including phenoxy) is 1. The molecular weight excluding hydrogens is 485 g/mol. The Morgan fingerprint density at radius 2 is 1.80 bits per heavy atom. The van der Waals surface area contributed by atoms with E-state index in [9.17, 15) is 9.90 Å². The van der Waals surface area contributed by atoms with Crippen LogP contribution in [0.2, 0.25) is 10.0 Å². The van der Waals surface area contributed by atoms with Gasteiger partial charge in [0.1, 0.15) is 11.5 Å². The molecule has 8 heteroatoms. The molecule has 0 atom stereocenters. The Hall–Kier alpha value is -3.61. The van der Waals surface area contributed by atoms with Crippen LogP contribution in [-0.2, 0) is 0 Å². The summed E-state index contributed by atoms with van der Waals surface area (Å²) in [6.07, 6.45) is 0.0334. The fourth-order valence-electron chi connectivity index (χ4n) is 3.61. The quantitative estimate of drug-likeness (QED) is 0.220. The number of hydrogen-bond donors (Lipinski definition) is 2. The maximum atomic E-state index is 13.2. The number of aromatic hydroxyl groups is 1. The van der Waals surface area contributed by atoms with Gasteiger partial charge in [0.2, 0.25) is 0 Å². The summed E-state index contributed by atoms with van der Waals surface area (Å²) in [5.74, 6) is 0.136. The highest BCUT2D eigenvalue weighted by molar-refractivity contribution is 6.36. The second kappa shape index (κ2) is 10.3. The summed E-state index contributed by atoms with van der Waals surface area (Å²) in [5.41, 5.74) is 5.77. The number of amides is 1. The van der Waals surface area contributed by atoms with Crippen molar-refractivity contribution in [1.82, 2.24) is 10.4 Å². The lowest BCUT2D eigenvalue weighted by Gasteiger charge is -2.12. The molecule has 178 valence electrons. The van der Waals surface area contributed by atoms with Crippen molar-refractivity contribution in [2.45, 2.75) is 26.9 Å². The Labute approximate surface area is 213 Å². The summed E-state index contributed by atoms with van der Waals surface area (Å²) < 4.78 is 5.81. The van der Waals surface area contributed by atoms with Gasteiger partial charge in [0, 0.05) is 21.5 Å². The lowest BCUT2D eigenvalue weighted by Crippen LogP contribution is -2.20. The molecule has 1 amide bonds. The van der Waals surface area contributed by atoms with E-state index >= 15 is 0 Å². The van der Waals surface area contributed by atoms with Crippen LogP contribution in [0.5, 0.6) is 11.5 Å². The molecule has 0 saturated carbocycles. The number of hydrazone groups is 1. The van der Waals surface area contributed by atoms with E-state index in [1.54, 1.807) is 13.0 Å². The number of fused-ring (bicyclic) bond motifs is 1. The second-order valence-corrected chi connectivity index (χ2v) is 9.03. The Bertz CT molecular complexity index is 1450. The van der Waals surface area contributed by atoms with Gasteiger partial charge in [-0.3, -0.25) is 4.79 Å². The SMILES string of the molecule is C/C(=N/NC(=O)c1cc(-c2cccc(OC(C)C)c2)nc2ccccc12)c1cc(Cl)cc(Cl)c1O. The van der Waals surface area contributed by atoms with E-state index in [0.29, 0.717) is 38.5 Å². The summed E-state index contributed by atoms with van der Waals surface area (Å²) in [6, 6.07) is 19.7. The number of aromatic nitrogens is 1. The molecular formula is C27H23Cl2N3O3. The maximum Gasteiger partial charge on any atom is 0.272 e. The van der Waals surface area contributed by atoms with Crippen molar-refractivity contribution in [1.29, 1.82) is 0 Å². The van der Waals surface area contributed by atoms with E-state index in [-0.39, 0.29) is 16.9 Å². The van der Waals surface area contributed by atoms with E-state index < -0.39 is 5.91 Å². The van der Waals surface area contributed by atoms with Crippen LogP contribution in [0.4, 0.5) is 0 Å². The number of carbonyl (C=O) groups excluding carboxylic acids is 1. The first-order valence-corrected chi connectivity index (χ1v) is 11.7. The molecule has 0 spiro atoms. The van der Waals surface area contributed by atoms with Crippen LogP contribution < -0.4 is 10.2 Å². The van der Waals surface area contributed by atoms with Crippen molar-refractivity contribution in [2.24, 2.45) is 5.10 Å². The largest absolute Gasteiger partial charge is 0.506 e. The van der Waals surface area contributed by atoms with Crippen LogP contribution in [0.15, 0.2) is 71.8 Å². The average molecular weight is 508 g/mol. The highest BCUT2D eigenvalue weighted by Crippen LogP contribution is 2.32. The topological polar surface area (TPSA) is 83.8 Å². The number of halogens is 2. The number of para-hydroxylation sites is 1. The van der Waals surface area contributed by atoms with Gasteiger partial charge < -0.3 is 9.84 Å². The van der Waals surface area contributed by atoms with Crippen LogP contribution in [0.25, 0.3) is 22.2 Å². The lowest BCUT2D eigenvalue weighted by molar-refractivity contribution is 0.0956. The lowest BCUT2D eigenvalue weighted by atomic mass is 10.0. The van der Waals surface area contributed by atoms with Gasteiger partial charge in [0.15, 0.2) is 0 Å². The Kier molecular flexibility index (Phi) is 7.24. The molecule has 0 aliphatic heterocycles. The zero-order valence-electron chi connectivity index (χ0n) is 19.3. The van der Waals surface area contributed by atoms with E-state index in [1.165, 1.54) is 12.1 Å². The minimum atomic E-state index is -0.425. The van der Waals surface area contributed by atoms with Crippen molar-refractivity contribution >= 4 is 45.7 Å². The second-order valence-electron chi connectivity index (χ2n) is 8.19. The molecule has 4 rings (SSSR count). The van der Waals surface area contributed by atoms with Crippen LogP contribution in [0.1, 0.15) is 36.7 Å². The third-order valence-corrected chi connectivity index (χ3v) is 5.71. The molecule has 2 N–H and O–H groups in total. The predicted octanol–water partition coefficient (Wildman–Crippen LogP) is 6.86.